The lowest BCUT2D eigenvalue weighted by molar-refractivity contribution is -0.114. The maximum Gasteiger partial charge on any atom is 0.221 e. The zero-order chi connectivity index (χ0) is 23.4. The maximum absolute atomic E-state index is 13.3. The monoisotopic (exact) mass is 478 g/mol. The number of ketones is 1. The van der Waals surface area contributed by atoms with E-state index in [1.165, 1.54) is 16.7 Å². The fourth-order valence-electron chi connectivity index (χ4n) is 3.77. The SMILES string of the molecule is CC(=O)Nc1ccccc1OCC(=O)c1cc(C(C)c2cccs2)[nH]c1C(C)c1cccs1. The number of benzene rings is 1. The molecular formula is C26H26N2O3S2. The number of hydrogen-bond acceptors (Lipinski definition) is 5. The third-order valence-electron chi connectivity index (χ3n) is 5.57. The van der Waals surface area contributed by atoms with E-state index in [2.05, 4.69) is 41.7 Å². The molecule has 5 nitrogen and oxygen atoms in total. The van der Waals surface area contributed by atoms with Gasteiger partial charge in [0.25, 0.3) is 0 Å². The van der Waals surface area contributed by atoms with Gasteiger partial charge in [0.15, 0.2) is 6.61 Å². The molecule has 0 radical (unpaired) electrons. The summed E-state index contributed by atoms with van der Waals surface area (Å²) in [5, 5.41) is 6.86. The summed E-state index contributed by atoms with van der Waals surface area (Å²) in [5.74, 6) is 0.382. The van der Waals surface area contributed by atoms with Gasteiger partial charge in [-0.15, -0.1) is 22.7 Å². The second kappa shape index (κ2) is 10.2. The first-order chi connectivity index (χ1) is 15.9. The highest BCUT2D eigenvalue weighted by Gasteiger charge is 2.24. The normalized spacial score (nSPS) is 12.8. The van der Waals surface area contributed by atoms with Crippen LogP contribution in [-0.4, -0.2) is 23.3 Å². The number of thiophene rings is 2. The highest BCUT2D eigenvalue weighted by atomic mass is 32.1. The van der Waals surface area contributed by atoms with Crippen molar-refractivity contribution in [2.75, 3.05) is 11.9 Å². The maximum atomic E-state index is 13.3. The number of aromatic nitrogens is 1. The summed E-state index contributed by atoms with van der Waals surface area (Å²) in [4.78, 5) is 30.8. The highest BCUT2D eigenvalue weighted by molar-refractivity contribution is 7.10. The molecular weight excluding hydrogens is 452 g/mol. The van der Waals surface area contributed by atoms with E-state index in [-0.39, 0.29) is 30.1 Å². The van der Waals surface area contributed by atoms with Crippen LogP contribution in [0.1, 0.15) is 64.1 Å². The Hall–Kier alpha value is -3.16. The van der Waals surface area contributed by atoms with Gasteiger partial charge in [-0.05, 0) is 41.1 Å². The van der Waals surface area contributed by atoms with Crippen LogP contribution in [0.5, 0.6) is 5.75 Å². The topological polar surface area (TPSA) is 71.2 Å². The summed E-state index contributed by atoms with van der Waals surface area (Å²) >= 11 is 3.39. The molecule has 0 bridgehead atoms. The van der Waals surface area contributed by atoms with Crippen molar-refractivity contribution in [1.82, 2.24) is 4.98 Å². The number of carbonyl (C=O) groups excluding carboxylic acids is 2. The molecule has 2 unspecified atom stereocenters. The smallest absolute Gasteiger partial charge is 0.221 e. The van der Waals surface area contributed by atoms with Gasteiger partial charge in [0, 0.05) is 45.5 Å². The molecule has 2 atom stereocenters. The molecule has 4 aromatic rings. The third-order valence-corrected chi connectivity index (χ3v) is 7.68. The van der Waals surface area contributed by atoms with E-state index in [9.17, 15) is 9.59 Å². The van der Waals surface area contributed by atoms with Crippen LogP contribution >= 0.6 is 22.7 Å². The number of rotatable bonds is 9. The third kappa shape index (κ3) is 5.26. The summed E-state index contributed by atoms with van der Waals surface area (Å²) in [5.41, 5.74) is 3.11. The average molecular weight is 479 g/mol. The molecule has 170 valence electrons. The minimum absolute atomic E-state index is 0.0555. The Balaban J connectivity index is 1.61. The number of carbonyl (C=O) groups is 2. The Morgan fingerprint density at radius 3 is 2.27 bits per heavy atom. The predicted molar refractivity (Wildman–Crippen MR) is 135 cm³/mol. The first kappa shape index (κ1) is 23.0. The minimum atomic E-state index is -0.192. The van der Waals surface area contributed by atoms with E-state index in [1.807, 2.05) is 35.7 Å². The Kier molecular flexibility index (Phi) is 7.11. The first-order valence-corrected chi connectivity index (χ1v) is 12.5. The van der Waals surface area contributed by atoms with Crippen molar-refractivity contribution >= 4 is 40.1 Å². The number of nitrogens with one attached hydrogen (secondary N) is 2. The first-order valence-electron chi connectivity index (χ1n) is 10.8. The molecule has 0 fully saturated rings. The molecule has 0 aliphatic rings. The molecule has 2 N–H and O–H groups in total. The molecule has 1 aromatic carbocycles. The van der Waals surface area contributed by atoms with Crippen LogP contribution in [0.25, 0.3) is 0 Å². The fraction of sp³-hybridized carbons (Fsp3) is 0.231. The van der Waals surface area contributed by atoms with Crippen LogP contribution in [-0.2, 0) is 4.79 Å². The second-order valence-corrected chi connectivity index (χ2v) is 9.87. The van der Waals surface area contributed by atoms with Crippen LogP contribution < -0.4 is 10.1 Å². The summed E-state index contributed by atoms with van der Waals surface area (Å²) < 4.78 is 5.85. The summed E-state index contributed by atoms with van der Waals surface area (Å²) in [6.07, 6.45) is 0. The Labute approximate surface area is 201 Å². The molecule has 3 heterocycles. The second-order valence-electron chi connectivity index (χ2n) is 7.92. The summed E-state index contributed by atoms with van der Waals surface area (Å²) in [6, 6.07) is 17.4. The van der Waals surface area contributed by atoms with Crippen molar-refractivity contribution in [2.24, 2.45) is 0 Å². The van der Waals surface area contributed by atoms with Crippen LogP contribution in [0.15, 0.2) is 65.4 Å². The van der Waals surface area contributed by atoms with E-state index in [0.717, 1.165) is 11.4 Å². The molecule has 1 amide bonds. The molecule has 4 rings (SSSR count). The number of H-pyrrole nitrogens is 1. The van der Waals surface area contributed by atoms with Gasteiger partial charge in [0.2, 0.25) is 11.7 Å². The van der Waals surface area contributed by atoms with E-state index >= 15 is 0 Å². The van der Waals surface area contributed by atoms with Gasteiger partial charge in [-0.3, -0.25) is 9.59 Å². The van der Waals surface area contributed by atoms with Crippen molar-refractivity contribution in [3.8, 4) is 5.75 Å². The standard InChI is InChI=1S/C26H26N2O3S2/c1-16(24-10-6-12-32-24)21-14-19(26(28-21)17(2)25-11-7-13-33-25)22(30)15-31-23-9-5-4-8-20(23)27-18(3)29/h4-14,16-17,28H,15H2,1-3H3,(H,27,29). The van der Waals surface area contributed by atoms with Crippen LogP contribution in [0, 0.1) is 0 Å². The van der Waals surface area contributed by atoms with Crippen LogP contribution in [0.4, 0.5) is 5.69 Å². The number of Topliss-reactive ketones (excluding diaryl/α,β-unsaturated/α-hetero) is 1. The van der Waals surface area contributed by atoms with Gasteiger partial charge in [0.05, 0.1) is 5.69 Å². The van der Waals surface area contributed by atoms with Gasteiger partial charge < -0.3 is 15.0 Å². The van der Waals surface area contributed by atoms with Crippen molar-refractivity contribution in [3.63, 3.8) is 0 Å². The number of hydrogen-bond donors (Lipinski definition) is 2. The van der Waals surface area contributed by atoms with Gasteiger partial charge in [-0.2, -0.15) is 0 Å². The lowest BCUT2D eigenvalue weighted by Gasteiger charge is -2.13. The number of para-hydroxylation sites is 2. The summed E-state index contributed by atoms with van der Waals surface area (Å²) in [7, 11) is 0. The van der Waals surface area contributed by atoms with Crippen molar-refractivity contribution in [3.05, 3.63) is 92.1 Å². The lowest BCUT2D eigenvalue weighted by Crippen LogP contribution is -2.15. The average Bonchev–Trinajstić information content (AvgIpc) is 3.58. The lowest BCUT2D eigenvalue weighted by atomic mass is 9.99. The number of aromatic amines is 1. The van der Waals surface area contributed by atoms with E-state index in [1.54, 1.807) is 34.8 Å². The molecule has 33 heavy (non-hydrogen) atoms. The number of anilines is 1. The molecule has 0 aliphatic heterocycles. The number of amides is 1. The molecule has 7 heteroatoms. The number of ether oxygens (including phenoxy) is 1. The zero-order valence-corrected chi connectivity index (χ0v) is 20.4. The van der Waals surface area contributed by atoms with Crippen LogP contribution in [0.2, 0.25) is 0 Å². The minimum Gasteiger partial charge on any atom is -0.483 e. The Bertz CT molecular complexity index is 1230. The zero-order valence-electron chi connectivity index (χ0n) is 18.8. The largest absolute Gasteiger partial charge is 0.483 e. The predicted octanol–water partition coefficient (Wildman–Crippen LogP) is 6.66. The van der Waals surface area contributed by atoms with Gasteiger partial charge in [-0.25, -0.2) is 0 Å². The van der Waals surface area contributed by atoms with Gasteiger partial charge in [-0.1, -0.05) is 38.1 Å². The van der Waals surface area contributed by atoms with E-state index < -0.39 is 0 Å². The van der Waals surface area contributed by atoms with Crippen molar-refractivity contribution in [2.45, 2.75) is 32.6 Å². The Morgan fingerprint density at radius 1 is 0.970 bits per heavy atom. The van der Waals surface area contributed by atoms with E-state index in [4.69, 9.17) is 4.74 Å². The fourth-order valence-corrected chi connectivity index (χ4v) is 5.37. The quantitative estimate of drug-likeness (QED) is 0.264. The van der Waals surface area contributed by atoms with Crippen molar-refractivity contribution in [1.29, 1.82) is 0 Å². The highest BCUT2D eigenvalue weighted by Crippen LogP contribution is 2.34. The van der Waals surface area contributed by atoms with Crippen LogP contribution in [0.3, 0.4) is 0 Å². The molecule has 0 saturated carbocycles. The molecule has 3 aromatic heterocycles. The Morgan fingerprint density at radius 2 is 1.64 bits per heavy atom. The molecule has 0 saturated heterocycles. The van der Waals surface area contributed by atoms with Gasteiger partial charge in [0.1, 0.15) is 5.75 Å². The molecule has 0 spiro atoms. The van der Waals surface area contributed by atoms with Crippen molar-refractivity contribution < 1.29 is 14.3 Å². The van der Waals surface area contributed by atoms with E-state index in [0.29, 0.717) is 17.0 Å². The summed E-state index contributed by atoms with van der Waals surface area (Å²) in [6.45, 7) is 5.58. The molecule has 0 aliphatic carbocycles. The van der Waals surface area contributed by atoms with Gasteiger partial charge >= 0.3 is 0 Å².